The van der Waals surface area contributed by atoms with Crippen molar-refractivity contribution in [1.29, 1.82) is 0 Å². The fraction of sp³-hybridized carbons (Fsp3) is 0.125. The van der Waals surface area contributed by atoms with Crippen molar-refractivity contribution in [2.45, 2.75) is 6.92 Å². The first kappa shape index (κ1) is 22.7. The number of hydrogen-bond acceptors (Lipinski definition) is 1. The molecule has 0 aliphatic rings. The molecule has 0 radical (unpaired) electrons. The molecule has 0 aliphatic heterocycles. The monoisotopic (exact) mass is 260 g/mol. The van der Waals surface area contributed by atoms with Crippen LogP contribution in [-0.4, -0.2) is 6.79 Å². The van der Waals surface area contributed by atoms with Crippen LogP contribution < -0.4 is 0 Å². The van der Waals surface area contributed by atoms with Crippen LogP contribution in [0.4, 0.5) is 14.1 Å². The van der Waals surface area contributed by atoms with Crippen LogP contribution in [0, 0.1) is 6.92 Å². The molecule has 0 atom stereocenters. The zero-order chi connectivity index (χ0) is 7.98. The molecule has 0 aliphatic carbocycles. The standard InChI is InChI=1S/C7H7Br.CH2O.3FH/c1-6-4-2-3-5-7(6)8;1-2;;;/h2-5H,1H3;1H2;3*1H. The van der Waals surface area contributed by atoms with Crippen LogP contribution in [-0.2, 0) is 4.79 Å². The van der Waals surface area contributed by atoms with Crippen LogP contribution in [0.3, 0.4) is 0 Å². The maximum Gasteiger partial charge on any atom is 0.106 e. The second-order valence-electron chi connectivity index (χ2n) is 1.75. The van der Waals surface area contributed by atoms with Crippen LogP contribution in [0.5, 0.6) is 0 Å². The number of benzene rings is 1. The molecule has 0 N–H and O–H groups in total. The molecule has 0 spiro atoms. The molecule has 0 bridgehead atoms. The molecule has 0 heterocycles. The van der Waals surface area contributed by atoms with Crippen LogP contribution >= 0.6 is 15.9 Å². The van der Waals surface area contributed by atoms with Gasteiger partial charge in [0.2, 0.25) is 0 Å². The van der Waals surface area contributed by atoms with E-state index in [1.807, 2.05) is 25.0 Å². The van der Waals surface area contributed by atoms with Gasteiger partial charge in [-0.1, -0.05) is 34.1 Å². The van der Waals surface area contributed by atoms with Gasteiger partial charge in [0, 0.05) is 4.47 Å². The number of halogens is 4. The summed E-state index contributed by atoms with van der Waals surface area (Å²) in [5, 5.41) is 0. The summed E-state index contributed by atoms with van der Waals surface area (Å²) in [6.07, 6.45) is 0. The van der Waals surface area contributed by atoms with Crippen LogP contribution in [0.15, 0.2) is 28.7 Å². The van der Waals surface area contributed by atoms with E-state index < -0.39 is 0 Å². The van der Waals surface area contributed by atoms with Gasteiger partial charge in [0.15, 0.2) is 0 Å². The number of rotatable bonds is 0. The Balaban J connectivity index is -0.0000000761. The van der Waals surface area contributed by atoms with Gasteiger partial charge in [0.1, 0.15) is 6.79 Å². The van der Waals surface area contributed by atoms with E-state index >= 15 is 0 Å². The summed E-state index contributed by atoms with van der Waals surface area (Å²) in [4.78, 5) is 8.00. The normalized spacial score (nSPS) is 6.00. The number of carbonyl (C=O) groups is 1. The molecule has 1 aromatic rings. The largest absolute Gasteiger partial charge is 0.307 e. The molecular weight excluding hydrogens is 249 g/mol. The third-order valence-electron chi connectivity index (χ3n) is 1.08. The Morgan fingerprint density at radius 2 is 1.46 bits per heavy atom. The highest BCUT2D eigenvalue weighted by Gasteiger charge is 1.86. The average molecular weight is 261 g/mol. The zero-order valence-corrected chi connectivity index (χ0v) is 8.61. The molecule has 0 saturated carbocycles. The van der Waals surface area contributed by atoms with Crippen molar-refractivity contribution < 1.29 is 18.9 Å². The molecule has 1 nitrogen and oxygen atoms in total. The smallest absolute Gasteiger partial charge is 0.106 e. The summed E-state index contributed by atoms with van der Waals surface area (Å²) in [6.45, 7) is 4.07. The van der Waals surface area contributed by atoms with E-state index in [1.54, 1.807) is 0 Å². The summed E-state index contributed by atoms with van der Waals surface area (Å²) in [6, 6.07) is 8.15. The van der Waals surface area contributed by atoms with Crippen molar-refractivity contribution in [1.82, 2.24) is 0 Å². The Bertz CT molecular complexity index is 187. The molecule has 78 valence electrons. The van der Waals surface area contributed by atoms with E-state index in [4.69, 9.17) is 4.79 Å². The van der Waals surface area contributed by atoms with E-state index in [0.29, 0.717) is 0 Å². The predicted molar refractivity (Wildman–Crippen MR) is 53.5 cm³/mol. The second kappa shape index (κ2) is 13.7. The van der Waals surface area contributed by atoms with Crippen molar-refractivity contribution in [3.8, 4) is 0 Å². The Morgan fingerprint density at radius 3 is 1.69 bits per heavy atom. The highest BCUT2D eigenvalue weighted by Crippen LogP contribution is 2.13. The molecule has 1 aromatic carbocycles. The van der Waals surface area contributed by atoms with Gasteiger partial charge >= 0.3 is 0 Å². The fourth-order valence-corrected chi connectivity index (χ4v) is 0.836. The number of hydrogen-bond donors (Lipinski definition) is 0. The highest BCUT2D eigenvalue weighted by atomic mass is 79.9. The molecule has 0 amide bonds. The van der Waals surface area contributed by atoms with Gasteiger partial charge in [-0.2, -0.15) is 0 Å². The number of aryl methyl sites for hydroxylation is 1. The van der Waals surface area contributed by atoms with E-state index in [0.717, 1.165) is 0 Å². The summed E-state index contributed by atoms with van der Waals surface area (Å²) < 4.78 is 1.18. The van der Waals surface area contributed by atoms with Crippen LogP contribution in [0.25, 0.3) is 0 Å². The third kappa shape index (κ3) is 9.07. The maximum absolute atomic E-state index is 8.00. The molecule has 5 heteroatoms. The lowest BCUT2D eigenvalue weighted by atomic mass is 10.2. The van der Waals surface area contributed by atoms with Crippen LogP contribution in [0.1, 0.15) is 5.56 Å². The minimum atomic E-state index is 0. The van der Waals surface area contributed by atoms with Crippen molar-refractivity contribution >= 4 is 22.7 Å². The fourth-order valence-electron chi connectivity index (χ4n) is 0.551. The van der Waals surface area contributed by atoms with E-state index in [2.05, 4.69) is 28.9 Å². The summed E-state index contributed by atoms with van der Waals surface area (Å²) in [7, 11) is 0. The van der Waals surface area contributed by atoms with E-state index in [-0.39, 0.29) is 14.1 Å². The SMILES string of the molecule is C=O.Cc1ccccc1Br.F.F.F. The lowest BCUT2D eigenvalue weighted by molar-refractivity contribution is -0.0979. The van der Waals surface area contributed by atoms with Gasteiger partial charge in [-0.25, -0.2) is 0 Å². The third-order valence-corrected chi connectivity index (χ3v) is 1.97. The highest BCUT2D eigenvalue weighted by molar-refractivity contribution is 9.10. The maximum atomic E-state index is 8.00. The van der Waals surface area contributed by atoms with Crippen molar-refractivity contribution in [2.24, 2.45) is 0 Å². The Labute approximate surface area is 83.4 Å². The van der Waals surface area contributed by atoms with Gasteiger partial charge in [0.25, 0.3) is 0 Å². The summed E-state index contributed by atoms with van der Waals surface area (Å²) >= 11 is 3.40. The molecule has 0 saturated heterocycles. The van der Waals surface area contributed by atoms with E-state index in [9.17, 15) is 0 Å². The summed E-state index contributed by atoms with van der Waals surface area (Å²) in [5.74, 6) is 0. The van der Waals surface area contributed by atoms with Crippen molar-refractivity contribution in [2.75, 3.05) is 0 Å². The van der Waals surface area contributed by atoms with Gasteiger partial charge in [-0.15, -0.1) is 0 Å². The second-order valence-corrected chi connectivity index (χ2v) is 2.60. The predicted octanol–water partition coefficient (Wildman–Crippen LogP) is 3.03. The first-order chi connectivity index (χ1) is 4.80. The Morgan fingerprint density at radius 1 is 1.08 bits per heavy atom. The first-order valence-corrected chi connectivity index (χ1v) is 3.60. The Kier molecular flexibility index (Phi) is 24.0. The lowest BCUT2D eigenvalue weighted by Crippen LogP contribution is -1.69. The molecule has 0 unspecified atom stereocenters. The van der Waals surface area contributed by atoms with Gasteiger partial charge < -0.3 is 4.79 Å². The summed E-state index contributed by atoms with van der Waals surface area (Å²) in [5.41, 5.74) is 1.28. The topological polar surface area (TPSA) is 17.1 Å². The number of carbonyl (C=O) groups excluding carboxylic acids is 1. The van der Waals surface area contributed by atoms with Gasteiger partial charge in [-0.3, -0.25) is 14.1 Å². The minimum Gasteiger partial charge on any atom is -0.307 e. The molecule has 13 heavy (non-hydrogen) atoms. The van der Waals surface area contributed by atoms with Gasteiger partial charge in [0.05, 0.1) is 0 Å². The quantitative estimate of drug-likeness (QED) is 0.701. The molecule has 0 aromatic heterocycles. The lowest BCUT2D eigenvalue weighted by Gasteiger charge is -1.91. The zero-order valence-electron chi connectivity index (χ0n) is 7.03. The van der Waals surface area contributed by atoms with E-state index in [1.165, 1.54) is 10.0 Å². The molecule has 0 fully saturated rings. The first-order valence-electron chi connectivity index (χ1n) is 2.81. The average Bonchev–Trinajstić information content (AvgIpc) is 2.00. The minimum absolute atomic E-state index is 0. The van der Waals surface area contributed by atoms with Crippen molar-refractivity contribution in [3.63, 3.8) is 0 Å². The van der Waals surface area contributed by atoms with Crippen LogP contribution in [0.2, 0.25) is 0 Å². The molecular formula is C8H12BrF3O. The van der Waals surface area contributed by atoms with Gasteiger partial charge in [-0.05, 0) is 18.6 Å². The Hall–Kier alpha value is -0.840. The van der Waals surface area contributed by atoms with Crippen molar-refractivity contribution in [3.05, 3.63) is 34.3 Å². The molecule has 1 rings (SSSR count).